The fourth-order valence-electron chi connectivity index (χ4n) is 2.91. The van der Waals surface area contributed by atoms with Crippen LogP contribution in [0.4, 0.5) is 4.39 Å². The van der Waals surface area contributed by atoms with Crippen molar-refractivity contribution in [2.75, 3.05) is 6.54 Å². The summed E-state index contributed by atoms with van der Waals surface area (Å²) >= 11 is 5.90. The average molecular weight is 361 g/mol. The molecule has 1 N–H and O–H groups in total. The van der Waals surface area contributed by atoms with Crippen LogP contribution in [0.25, 0.3) is 0 Å². The second kappa shape index (κ2) is 7.98. The van der Waals surface area contributed by atoms with Gasteiger partial charge in [-0.3, -0.25) is 9.69 Å². The van der Waals surface area contributed by atoms with E-state index >= 15 is 0 Å². The molecule has 1 fully saturated rings. The van der Waals surface area contributed by atoms with Crippen LogP contribution >= 0.6 is 11.6 Å². The summed E-state index contributed by atoms with van der Waals surface area (Å²) in [5, 5.41) is 3.68. The molecular formula is C20H22ClFN2O. The van der Waals surface area contributed by atoms with Gasteiger partial charge < -0.3 is 5.32 Å². The van der Waals surface area contributed by atoms with Gasteiger partial charge in [0.05, 0.1) is 12.6 Å². The van der Waals surface area contributed by atoms with Gasteiger partial charge in [0.1, 0.15) is 5.82 Å². The highest BCUT2D eigenvalue weighted by atomic mass is 35.5. The lowest BCUT2D eigenvalue weighted by molar-refractivity contribution is -0.123. The Labute approximate surface area is 152 Å². The first-order valence-electron chi connectivity index (χ1n) is 8.55. The van der Waals surface area contributed by atoms with Crippen LogP contribution in [0, 0.1) is 5.82 Å². The smallest absolute Gasteiger partial charge is 0.234 e. The van der Waals surface area contributed by atoms with Gasteiger partial charge in [-0.1, -0.05) is 41.9 Å². The van der Waals surface area contributed by atoms with Gasteiger partial charge in [-0.15, -0.1) is 0 Å². The summed E-state index contributed by atoms with van der Waals surface area (Å²) in [7, 11) is 0. The van der Waals surface area contributed by atoms with Crippen molar-refractivity contribution in [1.82, 2.24) is 10.2 Å². The minimum absolute atomic E-state index is 0.0503. The number of nitrogens with zero attached hydrogens (tertiary/aromatic N) is 1. The van der Waals surface area contributed by atoms with Crippen LogP contribution in [0.2, 0.25) is 5.02 Å². The SMILES string of the molecule is C[C@H](NC(=O)CN(Cc1ccccc1F)C1CC1)c1ccc(Cl)cc1. The molecule has 5 heteroatoms. The summed E-state index contributed by atoms with van der Waals surface area (Å²) in [5.41, 5.74) is 1.64. The first-order chi connectivity index (χ1) is 12.0. The molecule has 1 aliphatic rings. The zero-order valence-electron chi connectivity index (χ0n) is 14.2. The van der Waals surface area contributed by atoms with Crippen molar-refractivity contribution in [3.8, 4) is 0 Å². The van der Waals surface area contributed by atoms with E-state index in [0.29, 0.717) is 23.2 Å². The van der Waals surface area contributed by atoms with Gasteiger partial charge in [0.15, 0.2) is 0 Å². The Hall–Kier alpha value is -1.91. The molecule has 0 unspecified atom stereocenters. The molecule has 0 spiro atoms. The zero-order chi connectivity index (χ0) is 17.8. The van der Waals surface area contributed by atoms with Crippen LogP contribution in [0.1, 0.15) is 36.9 Å². The van der Waals surface area contributed by atoms with Gasteiger partial charge in [-0.05, 0) is 43.5 Å². The topological polar surface area (TPSA) is 32.3 Å². The number of halogens is 2. The lowest BCUT2D eigenvalue weighted by Gasteiger charge is -2.23. The first-order valence-corrected chi connectivity index (χ1v) is 8.93. The van der Waals surface area contributed by atoms with Crippen LogP contribution in [-0.4, -0.2) is 23.4 Å². The Bertz CT molecular complexity index is 731. The van der Waals surface area contributed by atoms with Gasteiger partial charge >= 0.3 is 0 Å². The van der Waals surface area contributed by atoms with Crippen molar-refractivity contribution in [2.45, 2.75) is 38.4 Å². The fraction of sp³-hybridized carbons (Fsp3) is 0.350. The Morgan fingerprint density at radius 1 is 1.24 bits per heavy atom. The normalized spacial score (nSPS) is 15.2. The summed E-state index contributed by atoms with van der Waals surface area (Å²) in [6.45, 7) is 2.68. The van der Waals surface area contributed by atoms with Crippen LogP contribution < -0.4 is 5.32 Å². The van der Waals surface area contributed by atoms with Crippen molar-refractivity contribution in [1.29, 1.82) is 0 Å². The van der Waals surface area contributed by atoms with E-state index < -0.39 is 0 Å². The molecule has 0 radical (unpaired) electrons. The second-order valence-electron chi connectivity index (χ2n) is 6.57. The monoisotopic (exact) mass is 360 g/mol. The second-order valence-corrected chi connectivity index (χ2v) is 7.00. The summed E-state index contributed by atoms with van der Waals surface area (Å²) in [6, 6.07) is 14.5. The van der Waals surface area contributed by atoms with Crippen molar-refractivity contribution < 1.29 is 9.18 Å². The molecule has 2 aromatic rings. The number of nitrogens with one attached hydrogen (secondary N) is 1. The zero-order valence-corrected chi connectivity index (χ0v) is 15.0. The molecule has 3 rings (SSSR count). The molecule has 1 aliphatic carbocycles. The minimum atomic E-state index is -0.219. The highest BCUT2D eigenvalue weighted by Gasteiger charge is 2.31. The molecule has 1 atom stereocenters. The Kier molecular flexibility index (Phi) is 5.71. The third-order valence-corrected chi connectivity index (χ3v) is 4.74. The number of rotatable bonds is 7. The number of hydrogen-bond acceptors (Lipinski definition) is 2. The largest absolute Gasteiger partial charge is 0.348 e. The van der Waals surface area contributed by atoms with Crippen LogP contribution in [0.3, 0.4) is 0 Å². The van der Waals surface area contributed by atoms with Crippen molar-refractivity contribution in [2.24, 2.45) is 0 Å². The molecule has 2 aromatic carbocycles. The number of carbonyl (C=O) groups is 1. The molecule has 0 aromatic heterocycles. The molecule has 0 saturated heterocycles. The molecule has 1 saturated carbocycles. The molecule has 0 bridgehead atoms. The van der Waals surface area contributed by atoms with Gasteiger partial charge in [-0.2, -0.15) is 0 Å². The Balaban J connectivity index is 1.59. The molecule has 0 heterocycles. The highest BCUT2D eigenvalue weighted by Crippen LogP contribution is 2.28. The van der Waals surface area contributed by atoms with E-state index in [2.05, 4.69) is 10.2 Å². The fourth-order valence-corrected chi connectivity index (χ4v) is 3.03. The van der Waals surface area contributed by atoms with E-state index in [0.717, 1.165) is 18.4 Å². The third-order valence-electron chi connectivity index (χ3n) is 4.49. The van der Waals surface area contributed by atoms with E-state index in [-0.39, 0.29) is 24.3 Å². The maximum absolute atomic E-state index is 13.9. The number of hydrogen-bond donors (Lipinski definition) is 1. The van der Waals surface area contributed by atoms with Crippen molar-refractivity contribution in [3.63, 3.8) is 0 Å². The maximum atomic E-state index is 13.9. The lowest BCUT2D eigenvalue weighted by Crippen LogP contribution is -2.39. The van der Waals surface area contributed by atoms with Gasteiger partial charge in [0.25, 0.3) is 0 Å². The van der Waals surface area contributed by atoms with Crippen LogP contribution in [0.15, 0.2) is 48.5 Å². The number of benzene rings is 2. The molecular weight excluding hydrogens is 339 g/mol. The quantitative estimate of drug-likeness (QED) is 0.797. The molecule has 0 aliphatic heterocycles. The standard InChI is InChI=1S/C20H22ClFN2O/c1-14(15-6-8-17(21)9-7-15)23-20(25)13-24(18-10-11-18)12-16-4-2-3-5-19(16)22/h2-9,14,18H,10-13H2,1H3,(H,23,25)/t14-/m0/s1. The average Bonchev–Trinajstić information content (AvgIpc) is 3.41. The Morgan fingerprint density at radius 2 is 1.92 bits per heavy atom. The predicted octanol–water partition coefficient (Wildman–Crippen LogP) is 4.32. The molecule has 1 amide bonds. The van der Waals surface area contributed by atoms with Crippen LogP contribution in [0.5, 0.6) is 0 Å². The predicted molar refractivity (Wildman–Crippen MR) is 97.8 cm³/mol. The lowest BCUT2D eigenvalue weighted by atomic mass is 10.1. The van der Waals surface area contributed by atoms with Crippen LogP contribution in [-0.2, 0) is 11.3 Å². The summed E-state index contributed by atoms with van der Waals surface area (Å²) < 4.78 is 13.9. The van der Waals surface area contributed by atoms with Gasteiger partial charge in [-0.25, -0.2) is 4.39 Å². The molecule has 3 nitrogen and oxygen atoms in total. The van der Waals surface area contributed by atoms with Crippen molar-refractivity contribution in [3.05, 3.63) is 70.5 Å². The minimum Gasteiger partial charge on any atom is -0.348 e. The molecule has 132 valence electrons. The van der Waals surface area contributed by atoms with Crippen molar-refractivity contribution >= 4 is 17.5 Å². The van der Waals surface area contributed by atoms with Gasteiger partial charge in [0.2, 0.25) is 5.91 Å². The molecule has 25 heavy (non-hydrogen) atoms. The highest BCUT2D eigenvalue weighted by molar-refractivity contribution is 6.30. The Morgan fingerprint density at radius 3 is 2.56 bits per heavy atom. The summed E-state index contributed by atoms with van der Waals surface area (Å²) in [5.74, 6) is -0.270. The first kappa shape index (κ1) is 17.9. The number of amides is 1. The third kappa shape index (κ3) is 5.03. The summed E-state index contributed by atoms with van der Waals surface area (Å²) in [6.07, 6.45) is 2.13. The van der Waals surface area contributed by atoms with E-state index in [1.54, 1.807) is 12.1 Å². The van der Waals surface area contributed by atoms with E-state index in [9.17, 15) is 9.18 Å². The van der Waals surface area contributed by atoms with E-state index in [1.165, 1.54) is 6.07 Å². The number of carbonyl (C=O) groups excluding carboxylic acids is 1. The van der Waals surface area contributed by atoms with Gasteiger partial charge in [0, 0.05) is 23.2 Å². The van der Waals surface area contributed by atoms with E-state index in [1.807, 2.05) is 37.3 Å². The van der Waals surface area contributed by atoms with E-state index in [4.69, 9.17) is 11.6 Å². The maximum Gasteiger partial charge on any atom is 0.234 e. The summed E-state index contributed by atoms with van der Waals surface area (Å²) in [4.78, 5) is 14.5.